The van der Waals surface area contributed by atoms with E-state index in [9.17, 15) is 0 Å². The molecule has 0 aromatic carbocycles. The van der Waals surface area contributed by atoms with Crippen LogP contribution in [0.5, 0.6) is 0 Å². The molecule has 1 fully saturated rings. The van der Waals surface area contributed by atoms with Crippen LogP contribution in [0.3, 0.4) is 0 Å². The summed E-state index contributed by atoms with van der Waals surface area (Å²) >= 11 is 1.87. The van der Waals surface area contributed by atoms with E-state index in [0.717, 1.165) is 19.4 Å². The minimum Gasteiger partial charge on any atom is -0.307 e. The predicted octanol–water partition coefficient (Wildman–Crippen LogP) is 2.54. The largest absolute Gasteiger partial charge is 0.307 e. The maximum Gasteiger partial charge on any atom is 0.115 e. The van der Waals surface area contributed by atoms with Gasteiger partial charge >= 0.3 is 0 Å². The molecule has 2 heterocycles. The summed E-state index contributed by atoms with van der Waals surface area (Å²) in [6.45, 7) is 11.2. The molecule has 1 saturated heterocycles. The number of likely N-dealkylation sites (N-methyl/N-ethyl adjacent to an activating group) is 1. The monoisotopic (exact) mass is 267 g/mol. The van der Waals surface area contributed by atoms with Gasteiger partial charge in [-0.25, -0.2) is 4.98 Å². The zero-order valence-electron chi connectivity index (χ0n) is 12.2. The van der Waals surface area contributed by atoms with E-state index in [0.29, 0.717) is 6.04 Å². The van der Waals surface area contributed by atoms with E-state index in [1.807, 2.05) is 11.3 Å². The summed E-state index contributed by atoms with van der Waals surface area (Å²) in [6, 6.07) is 0.618. The third-order valence-corrected chi connectivity index (χ3v) is 5.36. The van der Waals surface area contributed by atoms with E-state index in [1.165, 1.54) is 22.1 Å². The second-order valence-corrected chi connectivity index (χ2v) is 6.72. The highest BCUT2D eigenvalue weighted by molar-refractivity contribution is 7.11. The molecule has 0 saturated carbocycles. The van der Waals surface area contributed by atoms with Crippen LogP contribution in [0.15, 0.2) is 0 Å². The van der Waals surface area contributed by atoms with Crippen molar-refractivity contribution in [3.8, 4) is 0 Å². The van der Waals surface area contributed by atoms with Crippen molar-refractivity contribution in [1.29, 1.82) is 0 Å². The third kappa shape index (κ3) is 2.33. The van der Waals surface area contributed by atoms with E-state index in [4.69, 9.17) is 4.98 Å². The predicted molar refractivity (Wildman–Crippen MR) is 78.3 cm³/mol. The highest BCUT2D eigenvalue weighted by Crippen LogP contribution is 2.36. The summed E-state index contributed by atoms with van der Waals surface area (Å²) in [6.07, 6.45) is 2.20. The van der Waals surface area contributed by atoms with E-state index in [1.54, 1.807) is 0 Å². The SMILES string of the molecule is CCc1nc(C2(NC)CCN(C(C)C)C2)sc1C. The molecule has 0 aliphatic carbocycles. The second kappa shape index (κ2) is 5.27. The van der Waals surface area contributed by atoms with Gasteiger partial charge in [-0.1, -0.05) is 6.92 Å². The first-order valence-corrected chi connectivity index (χ1v) is 7.74. The van der Waals surface area contributed by atoms with Gasteiger partial charge in [0.2, 0.25) is 0 Å². The van der Waals surface area contributed by atoms with Gasteiger partial charge in [-0.15, -0.1) is 11.3 Å². The van der Waals surface area contributed by atoms with E-state index >= 15 is 0 Å². The Morgan fingerprint density at radius 1 is 1.50 bits per heavy atom. The molecule has 3 nitrogen and oxygen atoms in total. The highest BCUT2D eigenvalue weighted by atomic mass is 32.1. The van der Waals surface area contributed by atoms with E-state index in [-0.39, 0.29) is 5.54 Å². The molecule has 1 N–H and O–H groups in total. The average molecular weight is 267 g/mol. The van der Waals surface area contributed by atoms with E-state index in [2.05, 4.69) is 45.0 Å². The van der Waals surface area contributed by atoms with Gasteiger partial charge in [-0.05, 0) is 40.7 Å². The van der Waals surface area contributed by atoms with Gasteiger partial charge in [0.1, 0.15) is 5.01 Å². The van der Waals surface area contributed by atoms with Gasteiger partial charge in [0.15, 0.2) is 0 Å². The summed E-state index contributed by atoms with van der Waals surface area (Å²) in [7, 11) is 2.08. The molecule has 102 valence electrons. The van der Waals surface area contributed by atoms with Gasteiger partial charge in [-0.3, -0.25) is 4.90 Å². The van der Waals surface area contributed by atoms with Crippen LogP contribution >= 0.6 is 11.3 Å². The fourth-order valence-corrected chi connectivity index (χ4v) is 3.94. The summed E-state index contributed by atoms with van der Waals surface area (Å²) in [4.78, 5) is 8.80. The fourth-order valence-electron chi connectivity index (χ4n) is 2.73. The van der Waals surface area contributed by atoms with Crippen LogP contribution in [0.1, 0.15) is 42.8 Å². The Bertz CT molecular complexity index is 413. The molecule has 0 bridgehead atoms. The van der Waals surface area contributed by atoms with E-state index < -0.39 is 0 Å². The summed E-state index contributed by atoms with van der Waals surface area (Å²) in [5.74, 6) is 0. The number of likely N-dealkylation sites (tertiary alicyclic amines) is 1. The Labute approximate surface area is 115 Å². The van der Waals surface area contributed by atoms with Crippen molar-refractivity contribution in [1.82, 2.24) is 15.2 Å². The van der Waals surface area contributed by atoms with Crippen LogP contribution in [-0.2, 0) is 12.0 Å². The molecule has 0 spiro atoms. The molecular weight excluding hydrogens is 242 g/mol. The molecule has 1 aromatic heterocycles. The summed E-state index contributed by atoms with van der Waals surface area (Å²) in [5, 5.41) is 4.83. The lowest BCUT2D eigenvalue weighted by atomic mass is 10.00. The Morgan fingerprint density at radius 2 is 2.22 bits per heavy atom. The molecule has 1 unspecified atom stereocenters. The van der Waals surface area contributed by atoms with Crippen LogP contribution in [0.4, 0.5) is 0 Å². The van der Waals surface area contributed by atoms with Crippen LogP contribution in [0, 0.1) is 6.92 Å². The fraction of sp³-hybridized carbons (Fsp3) is 0.786. The maximum absolute atomic E-state index is 4.88. The van der Waals surface area contributed by atoms with Gasteiger partial charge in [0.05, 0.1) is 11.2 Å². The Morgan fingerprint density at radius 3 is 2.67 bits per heavy atom. The lowest BCUT2D eigenvalue weighted by Crippen LogP contribution is -2.43. The first kappa shape index (κ1) is 14.0. The zero-order valence-corrected chi connectivity index (χ0v) is 13.0. The van der Waals surface area contributed by atoms with Crippen molar-refractivity contribution in [3.05, 3.63) is 15.6 Å². The van der Waals surface area contributed by atoms with Gasteiger partial charge in [0, 0.05) is 24.0 Å². The number of hydrogen-bond acceptors (Lipinski definition) is 4. The lowest BCUT2D eigenvalue weighted by Gasteiger charge is -2.28. The standard InChI is InChI=1S/C14H25N3S/c1-6-12-11(4)18-13(16-12)14(15-5)7-8-17(9-14)10(2)3/h10,15H,6-9H2,1-5H3. The van der Waals surface area contributed by atoms with Crippen molar-refractivity contribution >= 4 is 11.3 Å². The summed E-state index contributed by atoms with van der Waals surface area (Å²) < 4.78 is 0. The van der Waals surface area contributed by atoms with Crippen molar-refractivity contribution in [2.75, 3.05) is 20.1 Å². The number of thiazole rings is 1. The number of aromatic nitrogens is 1. The summed E-state index contributed by atoms with van der Waals surface area (Å²) in [5.41, 5.74) is 1.35. The lowest BCUT2D eigenvalue weighted by molar-refractivity contribution is 0.245. The van der Waals surface area contributed by atoms with Crippen molar-refractivity contribution < 1.29 is 0 Å². The van der Waals surface area contributed by atoms with Crippen molar-refractivity contribution in [2.24, 2.45) is 0 Å². The topological polar surface area (TPSA) is 28.2 Å². The quantitative estimate of drug-likeness (QED) is 0.908. The number of aryl methyl sites for hydroxylation is 2. The normalized spacial score (nSPS) is 25.2. The Balaban J connectivity index is 2.28. The molecular formula is C14H25N3S. The van der Waals surface area contributed by atoms with Crippen molar-refractivity contribution in [3.63, 3.8) is 0 Å². The molecule has 1 aromatic rings. The Hall–Kier alpha value is -0.450. The second-order valence-electron chi connectivity index (χ2n) is 5.52. The van der Waals surface area contributed by atoms with Crippen LogP contribution < -0.4 is 5.32 Å². The molecule has 0 amide bonds. The Kier molecular flexibility index (Phi) is 4.09. The van der Waals surface area contributed by atoms with Crippen LogP contribution in [-0.4, -0.2) is 36.1 Å². The number of hydrogen-bond donors (Lipinski definition) is 1. The first-order chi connectivity index (χ1) is 8.52. The number of nitrogens with zero attached hydrogens (tertiary/aromatic N) is 2. The molecule has 4 heteroatoms. The molecule has 1 aliphatic rings. The average Bonchev–Trinajstić information content (AvgIpc) is 2.93. The van der Waals surface area contributed by atoms with Gasteiger partial charge in [0.25, 0.3) is 0 Å². The van der Waals surface area contributed by atoms with Gasteiger partial charge < -0.3 is 5.32 Å². The van der Waals surface area contributed by atoms with Crippen LogP contribution in [0.25, 0.3) is 0 Å². The molecule has 2 rings (SSSR count). The molecule has 1 atom stereocenters. The zero-order chi connectivity index (χ0) is 13.3. The maximum atomic E-state index is 4.88. The van der Waals surface area contributed by atoms with Crippen LogP contribution in [0.2, 0.25) is 0 Å². The molecule has 1 aliphatic heterocycles. The third-order valence-electron chi connectivity index (χ3n) is 4.14. The minimum atomic E-state index is 0.0765. The molecule has 0 radical (unpaired) electrons. The molecule has 18 heavy (non-hydrogen) atoms. The number of nitrogens with one attached hydrogen (secondary N) is 1. The van der Waals surface area contributed by atoms with Gasteiger partial charge in [-0.2, -0.15) is 0 Å². The smallest absolute Gasteiger partial charge is 0.115 e. The number of rotatable bonds is 4. The first-order valence-electron chi connectivity index (χ1n) is 6.92. The highest BCUT2D eigenvalue weighted by Gasteiger charge is 2.41. The minimum absolute atomic E-state index is 0.0765. The van der Waals surface area contributed by atoms with Crippen molar-refractivity contribution in [2.45, 2.75) is 52.1 Å².